The summed E-state index contributed by atoms with van der Waals surface area (Å²) in [5.74, 6) is -0.238. The van der Waals surface area contributed by atoms with E-state index >= 15 is 0 Å². The molecule has 0 amide bonds. The molecule has 0 radical (unpaired) electrons. The van der Waals surface area contributed by atoms with Crippen molar-refractivity contribution >= 4 is 26.7 Å². The van der Waals surface area contributed by atoms with Crippen LogP contribution in [-0.4, -0.2) is 0 Å². The maximum Gasteiger partial charge on any atom is 0.123 e. The van der Waals surface area contributed by atoms with E-state index in [0.29, 0.717) is 6.42 Å². The van der Waals surface area contributed by atoms with Crippen LogP contribution < -0.4 is 5.73 Å². The highest BCUT2D eigenvalue weighted by Crippen LogP contribution is 2.27. The van der Waals surface area contributed by atoms with Crippen LogP contribution in [0.5, 0.6) is 0 Å². The fourth-order valence-electron chi connectivity index (χ4n) is 2.62. The molecule has 0 spiro atoms. The lowest BCUT2D eigenvalue weighted by Gasteiger charge is -2.16. The van der Waals surface area contributed by atoms with Crippen molar-refractivity contribution < 1.29 is 4.39 Å². The van der Waals surface area contributed by atoms with E-state index in [0.717, 1.165) is 21.0 Å². The summed E-state index contributed by atoms with van der Waals surface area (Å²) in [6.07, 6.45) is 0.590. The van der Waals surface area contributed by atoms with E-state index in [2.05, 4.69) is 34.1 Å². The molecule has 0 saturated carbocycles. The Labute approximate surface area is 131 Å². The fourth-order valence-corrected chi connectivity index (χ4v) is 3.03. The van der Waals surface area contributed by atoms with Gasteiger partial charge in [0.2, 0.25) is 0 Å². The molecular weight excluding hydrogens is 329 g/mol. The van der Waals surface area contributed by atoms with Crippen molar-refractivity contribution in [3.05, 3.63) is 82.1 Å². The molecule has 0 bridgehead atoms. The van der Waals surface area contributed by atoms with Gasteiger partial charge in [0.15, 0.2) is 0 Å². The minimum atomic E-state index is -0.238. The molecule has 0 aliphatic carbocycles. The molecule has 106 valence electrons. The number of rotatable bonds is 3. The lowest BCUT2D eigenvalue weighted by molar-refractivity contribution is 0.621. The minimum Gasteiger partial charge on any atom is -0.324 e. The molecule has 0 saturated heterocycles. The first-order valence-electron chi connectivity index (χ1n) is 6.82. The quantitative estimate of drug-likeness (QED) is 0.712. The lowest BCUT2D eigenvalue weighted by atomic mass is 9.95. The summed E-state index contributed by atoms with van der Waals surface area (Å²) < 4.78 is 14.3. The van der Waals surface area contributed by atoms with Gasteiger partial charge in [0.05, 0.1) is 0 Å². The van der Waals surface area contributed by atoms with Crippen LogP contribution in [0.25, 0.3) is 10.8 Å². The Balaban J connectivity index is 1.97. The van der Waals surface area contributed by atoms with Crippen LogP contribution in [0, 0.1) is 5.82 Å². The third-order valence-electron chi connectivity index (χ3n) is 3.67. The average Bonchev–Trinajstić information content (AvgIpc) is 2.50. The highest BCUT2D eigenvalue weighted by atomic mass is 79.9. The topological polar surface area (TPSA) is 26.0 Å². The van der Waals surface area contributed by atoms with Crippen molar-refractivity contribution in [1.29, 1.82) is 0 Å². The predicted molar refractivity (Wildman–Crippen MR) is 88.7 cm³/mol. The molecule has 0 fully saturated rings. The molecule has 3 aromatic rings. The summed E-state index contributed by atoms with van der Waals surface area (Å²) in [5, 5.41) is 2.32. The summed E-state index contributed by atoms with van der Waals surface area (Å²) in [5.41, 5.74) is 8.34. The van der Waals surface area contributed by atoms with E-state index in [1.54, 1.807) is 6.07 Å². The van der Waals surface area contributed by atoms with E-state index < -0.39 is 0 Å². The Morgan fingerprint density at radius 3 is 2.62 bits per heavy atom. The molecule has 0 aliphatic heterocycles. The largest absolute Gasteiger partial charge is 0.324 e. The van der Waals surface area contributed by atoms with Crippen LogP contribution in [0.15, 0.2) is 65.1 Å². The molecule has 1 atom stereocenters. The van der Waals surface area contributed by atoms with Crippen molar-refractivity contribution in [3.63, 3.8) is 0 Å². The Morgan fingerprint density at radius 2 is 1.76 bits per heavy atom. The van der Waals surface area contributed by atoms with Crippen LogP contribution in [0.1, 0.15) is 17.2 Å². The van der Waals surface area contributed by atoms with Gasteiger partial charge in [-0.1, -0.05) is 58.4 Å². The van der Waals surface area contributed by atoms with Crippen LogP contribution in [-0.2, 0) is 6.42 Å². The van der Waals surface area contributed by atoms with Crippen LogP contribution in [0.4, 0.5) is 4.39 Å². The van der Waals surface area contributed by atoms with Gasteiger partial charge in [-0.2, -0.15) is 0 Å². The molecule has 0 aromatic heterocycles. The van der Waals surface area contributed by atoms with Crippen molar-refractivity contribution in [1.82, 2.24) is 0 Å². The standard InChI is InChI=1S/C18H15BrFN/c19-17-9-8-14(20)10-13(17)11-18(21)16-7-3-5-12-4-1-2-6-15(12)16/h1-10,18H,11,21H2. The van der Waals surface area contributed by atoms with Gasteiger partial charge in [0.25, 0.3) is 0 Å². The summed E-state index contributed by atoms with van der Waals surface area (Å²) in [7, 11) is 0. The molecule has 1 unspecified atom stereocenters. The highest BCUT2D eigenvalue weighted by molar-refractivity contribution is 9.10. The molecule has 0 aliphatic rings. The number of benzene rings is 3. The molecule has 0 heterocycles. The van der Waals surface area contributed by atoms with Crippen LogP contribution in [0.2, 0.25) is 0 Å². The second-order valence-corrected chi connectivity index (χ2v) is 5.97. The molecule has 1 nitrogen and oxygen atoms in total. The van der Waals surface area contributed by atoms with E-state index in [9.17, 15) is 4.39 Å². The van der Waals surface area contributed by atoms with Crippen LogP contribution in [0.3, 0.4) is 0 Å². The zero-order valence-electron chi connectivity index (χ0n) is 11.4. The normalized spacial score (nSPS) is 12.5. The van der Waals surface area contributed by atoms with Crippen molar-refractivity contribution in [2.45, 2.75) is 12.5 Å². The lowest BCUT2D eigenvalue weighted by Crippen LogP contribution is -2.14. The monoisotopic (exact) mass is 343 g/mol. The van der Waals surface area contributed by atoms with Crippen molar-refractivity contribution in [2.24, 2.45) is 5.73 Å². The SMILES string of the molecule is NC(Cc1cc(F)ccc1Br)c1cccc2ccccc12. The van der Waals surface area contributed by atoms with Crippen LogP contribution >= 0.6 is 15.9 Å². The van der Waals surface area contributed by atoms with Gasteiger partial charge < -0.3 is 5.73 Å². The maximum atomic E-state index is 13.4. The van der Waals surface area contributed by atoms with Gasteiger partial charge in [-0.05, 0) is 46.5 Å². The highest BCUT2D eigenvalue weighted by Gasteiger charge is 2.12. The zero-order chi connectivity index (χ0) is 14.8. The number of nitrogens with two attached hydrogens (primary N) is 1. The molecular formula is C18H15BrFN. The van der Waals surface area contributed by atoms with Gasteiger partial charge in [-0.25, -0.2) is 4.39 Å². The maximum absolute atomic E-state index is 13.4. The summed E-state index contributed by atoms with van der Waals surface area (Å²) in [6, 6.07) is 18.8. The average molecular weight is 344 g/mol. The Morgan fingerprint density at radius 1 is 1.00 bits per heavy atom. The van der Waals surface area contributed by atoms with Gasteiger partial charge >= 0.3 is 0 Å². The second-order valence-electron chi connectivity index (χ2n) is 5.11. The Kier molecular flexibility index (Phi) is 4.04. The van der Waals surface area contributed by atoms with E-state index in [1.807, 2.05) is 24.3 Å². The Bertz CT molecular complexity index is 780. The molecule has 21 heavy (non-hydrogen) atoms. The molecule has 3 heteroatoms. The van der Waals surface area contributed by atoms with Gasteiger partial charge in [-0.15, -0.1) is 0 Å². The third-order valence-corrected chi connectivity index (χ3v) is 4.44. The van der Waals surface area contributed by atoms with Crippen molar-refractivity contribution in [2.75, 3.05) is 0 Å². The van der Waals surface area contributed by atoms with Gasteiger partial charge in [-0.3, -0.25) is 0 Å². The minimum absolute atomic E-state index is 0.172. The Hall–Kier alpha value is -1.71. The first-order valence-corrected chi connectivity index (χ1v) is 7.61. The molecule has 3 aromatic carbocycles. The molecule has 3 rings (SSSR count). The van der Waals surface area contributed by atoms with Gasteiger partial charge in [0.1, 0.15) is 5.82 Å². The third kappa shape index (κ3) is 2.99. The second kappa shape index (κ2) is 5.96. The fraction of sp³-hybridized carbons (Fsp3) is 0.111. The zero-order valence-corrected chi connectivity index (χ0v) is 13.0. The smallest absolute Gasteiger partial charge is 0.123 e. The number of halogens is 2. The first kappa shape index (κ1) is 14.2. The molecule has 2 N–H and O–H groups in total. The van der Waals surface area contributed by atoms with E-state index in [1.165, 1.54) is 17.5 Å². The van der Waals surface area contributed by atoms with E-state index in [4.69, 9.17) is 5.73 Å². The number of fused-ring (bicyclic) bond motifs is 1. The predicted octanol–water partition coefficient (Wildman–Crippen LogP) is 4.98. The van der Waals surface area contributed by atoms with Crippen molar-refractivity contribution in [3.8, 4) is 0 Å². The summed E-state index contributed by atoms with van der Waals surface area (Å²) in [6.45, 7) is 0. The summed E-state index contributed by atoms with van der Waals surface area (Å²) in [4.78, 5) is 0. The van der Waals surface area contributed by atoms with Gasteiger partial charge in [0, 0.05) is 10.5 Å². The summed E-state index contributed by atoms with van der Waals surface area (Å²) >= 11 is 3.46. The first-order chi connectivity index (χ1) is 10.1. The van der Waals surface area contributed by atoms with E-state index in [-0.39, 0.29) is 11.9 Å². The number of hydrogen-bond donors (Lipinski definition) is 1. The number of hydrogen-bond acceptors (Lipinski definition) is 1.